The monoisotopic (exact) mass is 294 g/mol. The van der Waals surface area contributed by atoms with Crippen LogP contribution >= 0.6 is 0 Å². The first-order valence-corrected chi connectivity index (χ1v) is 6.44. The van der Waals surface area contributed by atoms with Gasteiger partial charge in [0, 0.05) is 24.3 Å². The lowest BCUT2D eigenvalue weighted by Gasteiger charge is -2.14. The van der Waals surface area contributed by atoms with Gasteiger partial charge in [-0.05, 0) is 18.9 Å². The van der Waals surface area contributed by atoms with E-state index < -0.39 is 28.6 Å². The fourth-order valence-electron chi connectivity index (χ4n) is 2.46. The van der Waals surface area contributed by atoms with E-state index in [9.17, 15) is 18.4 Å². The van der Waals surface area contributed by atoms with Gasteiger partial charge in [-0.1, -0.05) is 0 Å². The summed E-state index contributed by atoms with van der Waals surface area (Å²) in [7, 11) is 0. The Morgan fingerprint density at radius 2 is 2.10 bits per heavy atom. The minimum atomic E-state index is -1.42. The lowest BCUT2D eigenvalue weighted by atomic mass is 10.1. The van der Waals surface area contributed by atoms with Crippen molar-refractivity contribution >= 4 is 16.9 Å². The van der Waals surface area contributed by atoms with Crippen LogP contribution in [0.5, 0.6) is 0 Å². The molecular formula is C14H12F2N2O3. The predicted octanol–water partition coefficient (Wildman–Crippen LogP) is 1.77. The summed E-state index contributed by atoms with van der Waals surface area (Å²) in [6.07, 6.45) is 2.64. The fourth-order valence-corrected chi connectivity index (χ4v) is 2.46. The normalized spacial score (nSPS) is 14.6. The van der Waals surface area contributed by atoms with Crippen molar-refractivity contribution in [2.45, 2.75) is 25.4 Å². The summed E-state index contributed by atoms with van der Waals surface area (Å²) in [4.78, 5) is 23.2. The van der Waals surface area contributed by atoms with E-state index >= 15 is 0 Å². The Hall–Kier alpha value is -2.28. The largest absolute Gasteiger partial charge is 0.477 e. The van der Waals surface area contributed by atoms with E-state index in [1.54, 1.807) is 0 Å². The molecule has 0 aliphatic heterocycles. The zero-order valence-electron chi connectivity index (χ0n) is 10.9. The van der Waals surface area contributed by atoms with Crippen molar-refractivity contribution in [2.75, 3.05) is 0 Å². The number of carboxylic acid groups (broad SMARTS) is 1. The SMILES string of the molecule is NCc1c(F)cc2c(=O)c(C(=O)O)cn(C3CC3)c2c1F. The molecule has 5 nitrogen and oxygen atoms in total. The highest BCUT2D eigenvalue weighted by molar-refractivity contribution is 5.93. The number of halogens is 2. The van der Waals surface area contributed by atoms with Crippen molar-refractivity contribution < 1.29 is 18.7 Å². The number of aromatic carboxylic acids is 1. The van der Waals surface area contributed by atoms with Gasteiger partial charge >= 0.3 is 5.97 Å². The molecule has 1 aromatic carbocycles. The molecule has 0 bridgehead atoms. The average Bonchev–Trinajstić information content (AvgIpc) is 3.24. The molecule has 21 heavy (non-hydrogen) atoms. The van der Waals surface area contributed by atoms with E-state index in [-0.39, 0.29) is 29.1 Å². The fraction of sp³-hybridized carbons (Fsp3) is 0.286. The van der Waals surface area contributed by atoms with E-state index in [2.05, 4.69) is 0 Å². The number of hydrogen-bond acceptors (Lipinski definition) is 3. The van der Waals surface area contributed by atoms with Crippen molar-refractivity contribution in [2.24, 2.45) is 5.73 Å². The number of benzene rings is 1. The van der Waals surface area contributed by atoms with Crippen LogP contribution in [0.25, 0.3) is 10.9 Å². The maximum atomic E-state index is 14.5. The second kappa shape index (κ2) is 4.63. The minimum Gasteiger partial charge on any atom is -0.477 e. The van der Waals surface area contributed by atoms with Crippen LogP contribution in [0.4, 0.5) is 8.78 Å². The number of nitrogens with zero attached hydrogens (tertiary/aromatic N) is 1. The molecule has 1 aromatic heterocycles. The van der Waals surface area contributed by atoms with Crippen molar-refractivity contribution in [3.05, 3.63) is 45.2 Å². The van der Waals surface area contributed by atoms with Gasteiger partial charge in [0.25, 0.3) is 0 Å². The Kier molecular flexibility index (Phi) is 3.02. The first-order valence-electron chi connectivity index (χ1n) is 6.44. The van der Waals surface area contributed by atoms with Gasteiger partial charge in [-0.2, -0.15) is 0 Å². The molecule has 0 unspecified atom stereocenters. The third kappa shape index (κ3) is 2.01. The van der Waals surface area contributed by atoms with Gasteiger partial charge in [0.1, 0.15) is 11.4 Å². The number of hydrogen-bond donors (Lipinski definition) is 2. The predicted molar refractivity (Wildman–Crippen MR) is 71.2 cm³/mol. The number of aromatic nitrogens is 1. The maximum Gasteiger partial charge on any atom is 0.341 e. The zero-order chi connectivity index (χ0) is 15.3. The van der Waals surface area contributed by atoms with Crippen molar-refractivity contribution in [1.82, 2.24) is 4.57 Å². The Balaban J connectivity index is 2.50. The van der Waals surface area contributed by atoms with E-state index in [1.165, 1.54) is 4.57 Å². The van der Waals surface area contributed by atoms with E-state index in [0.717, 1.165) is 25.1 Å². The summed E-state index contributed by atoms with van der Waals surface area (Å²) in [6.45, 7) is -0.340. The topological polar surface area (TPSA) is 85.3 Å². The van der Waals surface area contributed by atoms with Gasteiger partial charge in [-0.15, -0.1) is 0 Å². The molecule has 3 rings (SSSR count). The molecule has 0 spiro atoms. The van der Waals surface area contributed by atoms with Crippen LogP contribution in [0.15, 0.2) is 17.1 Å². The third-order valence-corrected chi connectivity index (χ3v) is 3.68. The molecule has 1 heterocycles. The summed E-state index contributed by atoms with van der Waals surface area (Å²) in [5.41, 5.74) is 3.57. The highest BCUT2D eigenvalue weighted by Crippen LogP contribution is 2.38. The molecule has 1 saturated carbocycles. The number of carbonyl (C=O) groups is 1. The van der Waals surface area contributed by atoms with Gasteiger partial charge in [0.15, 0.2) is 5.82 Å². The third-order valence-electron chi connectivity index (χ3n) is 3.68. The summed E-state index contributed by atoms with van der Waals surface area (Å²) in [6, 6.07) is 0.797. The molecule has 3 N–H and O–H groups in total. The first-order chi connectivity index (χ1) is 9.95. The van der Waals surface area contributed by atoms with Crippen LogP contribution in [0.2, 0.25) is 0 Å². The maximum absolute atomic E-state index is 14.5. The van der Waals surface area contributed by atoms with Crippen molar-refractivity contribution in [3.63, 3.8) is 0 Å². The second-order valence-electron chi connectivity index (χ2n) is 5.07. The molecule has 0 radical (unpaired) electrons. The van der Waals surface area contributed by atoms with Crippen molar-refractivity contribution in [3.8, 4) is 0 Å². The molecule has 1 aliphatic rings. The zero-order valence-corrected chi connectivity index (χ0v) is 10.9. The highest BCUT2D eigenvalue weighted by atomic mass is 19.1. The molecule has 1 aliphatic carbocycles. The number of pyridine rings is 1. The number of nitrogens with two attached hydrogens (primary N) is 1. The summed E-state index contributed by atoms with van der Waals surface area (Å²) >= 11 is 0. The molecule has 2 aromatic rings. The van der Waals surface area contributed by atoms with Gasteiger partial charge < -0.3 is 15.4 Å². The van der Waals surface area contributed by atoms with E-state index in [4.69, 9.17) is 10.8 Å². The number of carboxylic acids is 1. The summed E-state index contributed by atoms with van der Waals surface area (Å²) in [5, 5.41) is 8.80. The molecule has 0 amide bonds. The van der Waals surface area contributed by atoms with Crippen LogP contribution in [0, 0.1) is 11.6 Å². The quantitative estimate of drug-likeness (QED) is 0.903. The minimum absolute atomic E-state index is 0.0724. The van der Waals surface area contributed by atoms with Gasteiger partial charge in [-0.3, -0.25) is 4.79 Å². The molecule has 1 fully saturated rings. The van der Waals surface area contributed by atoms with Crippen LogP contribution in [0.1, 0.15) is 34.8 Å². The van der Waals surface area contributed by atoms with E-state index in [1.807, 2.05) is 0 Å². The smallest absolute Gasteiger partial charge is 0.341 e. The lowest BCUT2D eigenvalue weighted by molar-refractivity contribution is 0.0695. The average molecular weight is 294 g/mol. The van der Waals surface area contributed by atoms with Gasteiger partial charge in [-0.25, -0.2) is 13.6 Å². The molecule has 110 valence electrons. The van der Waals surface area contributed by atoms with Crippen molar-refractivity contribution in [1.29, 1.82) is 0 Å². The number of fused-ring (bicyclic) bond motifs is 1. The second-order valence-corrected chi connectivity index (χ2v) is 5.07. The van der Waals surface area contributed by atoms with Crippen LogP contribution in [-0.2, 0) is 6.54 Å². The van der Waals surface area contributed by atoms with Gasteiger partial charge in [0.05, 0.1) is 10.9 Å². The standard InChI is InChI=1S/C14H12F2N2O3/c15-10-3-7-12(11(16)8(10)4-17)18(6-1-2-6)5-9(13(7)19)14(20)21/h3,5-6H,1-2,4,17H2,(H,20,21). The molecule has 0 atom stereocenters. The Labute approximate surface area is 117 Å². The van der Waals surface area contributed by atoms with Crippen LogP contribution in [0.3, 0.4) is 0 Å². The molecular weight excluding hydrogens is 282 g/mol. The Morgan fingerprint density at radius 1 is 1.43 bits per heavy atom. The summed E-state index contributed by atoms with van der Waals surface area (Å²) < 4.78 is 29.7. The van der Waals surface area contributed by atoms with E-state index in [0.29, 0.717) is 0 Å². The van der Waals surface area contributed by atoms with Crippen LogP contribution in [-0.4, -0.2) is 15.6 Å². The highest BCUT2D eigenvalue weighted by Gasteiger charge is 2.29. The summed E-state index contributed by atoms with van der Waals surface area (Å²) in [5.74, 6) is -3.25. The Morgan fingerprint density at radius 3 is 2.62 bits per heavy atom. The van der Waals surface area contributed by atoms with Crippen LogP contribution < -0.4 is 11.2 Å². The van der Waals surface area contributed by atoms with Gasteiger partial charge in [0.2, 0.25) is 5.43 Å². The molecule has 7 heteroatoms. The number of rotatable bonds is 3. The molecule has 0 saturated heterocycles. The first kappa shape index (κ1) is 13.7. The Bertz CT molecular complexity index is 825. The lowest BCUT2D eigenvalue weighted by Crippen LogP contribution is -2.20.